The van der Waals surface area contributed by atoms with Gasteiger partial charge in [-0.15, -0.1) is 0 Å². The van der Waals surface area contributed by atoms with Crippen LogP contribution in [0.1, 0.15) is 63.6 Å². The number of aromatic amines is 1. The van der Waals surface area contributed by atoms with Crippen LogP contribution in [-0.2, 0) is 17.8 Å². The van der Waals surface area contributed by atoms with Crippen molar-refractivity contribution in [1.29, 1.82) is 0 Å². The van der Waals surface area contributed by atoms with Gasteiger partial charge in [-0.25, -0.2) is 0 Å². The molecule has 2 saturated heterocycles. The Morgan fingerprint density at radius 3 is 2.32 bits per heavy atom. The minimum absolute atomic E-state index is 0.154. The van der Waals surface area contributed by atoms with Crippen molar-refractivity contribution in [3.05, 3.63) is 85.8 Å². The van der Waals surface area contributed by atoms with E-state index < -0.39 is 0 Å². The van der Waals surface area contributed by atoms with Crippen LogP contribution in [0.5, 0.6) is 0 Å². The Balaban J connectivity index is 1.49. The van der Waals surface area contributed by atoms with E-state index in [-0.39, 0.29) is 18.0 Å². The number of hydrogen-bond donors (Lipinski definition) is 2. The van der Waals surface area contributed by atoms with E-state index in [2.05, 4.69) is 76.2 Å². The number of piperazine rings is 1. The van der Waals surface area contributed by atoms with Crippen LogP contribution >= 0.6 is 0 Å². The van der Waals surface area contributed by atoms with Crippen molar-refractivity contribution in [3.63, 3.8) is 0 Å². The first-order valence-electron chi connectivity index (χ1n) is 16.1. The quantitative estimate of drug-likeness (QED) is 0.362. The number of H-pyrrole nitrogens is 1. The van der Waals surface area contributed by atoms with Crippen LogP contribution in [0.25, 0.3) is 11.1 Å². The lowest BCUT2D eigenvalue weighted by molar-refractivity contribution is 0.0845. The smallest absolute Gasteiger partial charge is 0.253 e. The molecule has 44 heavy (non-hydrogen) atoms. The standard InChI is InChI=1S/C36H49N5O3/c1-7-41(30-12-18-44-19-13-30)33-21-31(29-10-8-28(9-11-29)23-40-16-14-39(6)15-17-40)26(4)34(27(33)5)36(43)37-22-32-24(2)20-25(3)38-35(32)42/h8-11,20-21,30H,7,12-19,22-23H2,1-6H3,(H,37,43)(H,38,42). The number of carbonyl (C=O) groups excluding carboxylic acids is 1. The van der Waals surface area contributed by atoms with Crippen LogP contribution in [-0.4, -0.2) is 79.7 Å². The lowest BCUT2D eigenvalue weighted by Gasteiger charge is -2.37. The number of pyridine rings is 1. The molecule has 236 valence electrons. The van der Waals surface area contributed by atoms with Gasteiger partial charge in [0.05, 0.1) is 0 Å². The molecular weight excluding hydrogens is 550 g/mol. The van der Waals surface area contributed by atoms with Crippen LogP contribution in [0.2, 0.25) is 0 Å². The lowest BCUT2D eigenvalue weighted by atomic mass is 9.89. The van der Waals surface area contributed by atoms with Crippen LogP contribution in [0.3, 0.4) is 0 Å². The van der Waals surface area contributed by atoms with Crippen molar-refractivity contribution in [2.45, 2.75) is 66.6 Å². The molecule has 8 nitrogen and oxygen atoms in total. The van der Waals surface area contributed by atoms with Gasteiger partial charge in [0.25, 0.3) is 11.5 Å². The molecule has 3 aromatic rings. The zero-order valence-corrected chi connectivity index (χ0v) is 27.4. The summed E-state index contributed by atoms with van der Waals surface area (Å²) < 4.78 is 5.68. The highest BCUT2D eigenvalue weighted by Crippen LogP contribution is 2.37. The molecule has 1 aromatic heterocycles. The van der Waals surface area contributed by atoms with Gasteiger partial charge in [0.15, 0.2) is 0 Å². The first kappa shape index (κ1) is 31.9. The van der Waals surface area contributed by atoms with Gasteiger partial charge in [-0.3, -0.25) is 14.5 Å². The molecule has 2 aromatic carbocycles. The largest absolute Gasteiger partial charge is 0.381 e. The van der Waals surface area contributed by atoms with E-state index in [0.717, 1.165) is 105 Å². The predicted octanol–water partition coefficient (Wildman–Crippen LogP) is 4.96. The first-order chi connectivity index (χ1) is 21.2. The van der Waals surface area contributed by atoms with Crippen molar-refractivity contribution in [3.8, 4) is 11.1 Å². The second-order valence-corrected chi connectivity index (χ2v) is 12.6. The van der Waals surface area contributed by atoms with Gasteiger partial charge in [-0.1, -0.05) is 24.3 Å². The van der Waals surface area contributed by atoms with E-state index >= 15 is 0 Å². The number of nitrogens with one attached hydrogen (secondary N) is 2. The van der Waals surface area contributed by atoms with Crippen molar-refractivity contribution < 1.29 is 9.53 Å². The summed E-state index contributed by atoms with van der Waals surface area (Å²) in [6.45, 7) is 17.9. The van der Waals surface area contributed by atoms with Crippen molar-refractivity contribution >= 4 is 11.6 Å². The van der Waals surface area contributed by atoms with Gasteiger partial charge in [0.2, 0.25) is 0 Å². The molecule has 2 aliphatic rings. The Morgan fingerprint density at radius 1 is 1.00 bits per heavy atom. The molecule has 3 heterocycles. The van der Waals surface area contributed by atoms with E-state index in [0.29, 0.717) is 17.2 Å². The van der Waals surface area contributed by atoms with E-state index in [4.69, 9.17) is 4.74 Å². The second-order valence-electron chi connectivity index (χ2n) is 12.6. The fourth-order valence-corrected chi connectivity index (χ4v) is 6.87. The third-order valence-corrected chi connectivity index (χ3v) is 9.51. The van der Waals surface area contributed by atoms with Gasteiger partial charge in [-0.05, 0) is 100 Å². The summed E-state index contributed by atoms with van der Waals surface area (Å²) in [4.78, 5) is 36.9. The minimum atomic E-state index is -0.155. The predicted molar refractivity (Wildman–Crippen MR) is 179 cm³/mol. The molecule has 0 aliphatic carbocycles. The SMILES string of the molecule is CCN(c1cc(-c2ccc(CN3CCN(C)CC3)cc2)c(C)c(C(=O)NCc2c(C)cc(C)[nH]c2=O)c1C)C1CCOCC1. The van der Waals surface area contributed by atoms with E-state index in [1.165, 1.54) is 5.56 Å². The first-order valence-corrected chi connectivity index (χ1v) is 16.1. The Bertz CT molecular complexity index is 1520. The van der Waals surface area contributed by atoms with Crippen molar-refractivity contribution in [2.24, 2.45) is 0 Å². The van der Waals surface area contributed by atoms with Crippen LogP contribution < -0.4 is 15.8 Å². The van der Waals surface area contributed by atoms with E-state index in [9.17, 15) is 9.59 Å². The minimum Gasteiger partial charge on any atom is -0.381 e. The van der Waals surface area contributed by atoms with Gasteiger partial charge in [0.1, 0.15) is 0 Å². The number of amides is 1. The number of rotatable bonds is 9. The number of likely N-dealkylation sites (N-methyl/N-ethyl adjacent to an activating group) is 1. The average molecular weight is 600 g/mol. The van der Waals surface area contributed by atoms with Gasteiger partial charge in [-0.2, -0.15) is 0 Å². The average Bonchev–Trinajstić information content (AvgIpc) is 3.00. The molecule has 0 spiro atoms. The second kappa shape index (κ2) is 14.1. The number of ether oxygens (including phenoxy) is 1. The Kier molecular flexibility index (Phi) is 10.2. The molecular formula is C36H49N5O3. The number of benzene rings is 2. The maximum Gasteiger partial charge on any atom is 0.253 e. The maximum absolute atomic E-state index is 14.0. The summed E-state index contributed by atoms with van der Waals surface area (Å²) in [5.74, 6) is -0.155. The van der Waals surface area contributed by atoms with Gasteiger partial charge < -0.3 is 24.8 Å². The number of carbonyl (C=O) groups is 1. The molecule has 0 atom stereocenters. The van der Waals surface area contributed by atoms with E-state index in [1.54, 1.807) is 0 Å². The third kappa shape index (κ3) is 7.09. The third-order valence-electron chi connectivity index (χ3n) is 9.51. The Hall–Kier alpha value is -3.46. The van der Waals surface area contributed by atoms with Gasteiger partial charge >= 0.3 is 0 Å². The van der Waals surface area contributed by atoms with E-state index in [1.807, 2.05) is 26.8 Å². The van der Waals surface area contributed by atoms with Crippen molar-refractivity contribution in [1.82, 2.24) is 20.1 Å². The van der Waals surface area contributed by atoms with Crippen LogP contribution in [0, 0.1) is 27.7 Å². The molecule has 0 bridgehead atoms. The lowest BCUT2D eigenvalue weighted by Crippen LogP contribution is -2.43. The number of aryl methyl sites for hydroxylation is 2. The fourth-order valence-electron chi connectivity index (χ4n) is 6.87. The molecule has 8 heteroatoms. The normalized spacial score (nSPS) is 16.7. The topological polar surface area (TPSA) is 80.9 Å². The van der Waals surface area contributed by atoms with Crippen LogP contribution in [0.15, 0.2) is 41.2 Å². The molecule has 0 unspecified atom stereocenters. The Morgan fingerprint density at radius 2 is 1.68 bits per heavy atom. The number of nitrogens with zero attached hydrogens (tertiary/aromatic N) is 3. The summed E-state index contributed by atoms with van der Waals surface area (Å²) in [6, 6.07) is 13.5. The molecule has 1 amide bonds. The van der Waals surface area contributed by atoms with Crippen LogP contribution in [0.4, 0.5) is 5.69 Å². The fraction of sp³-hybridized carbons (Fsp3) is 0.500. The summed E-state index contributed by atoms with van der Waals surface area (Å²) in [5.41, 5.74) is 9.30. The molecule has 2 fully saturated rings. The monoisotopic (exact) mass is 599 g/mol. The highest BCUT2D eigenvalue weighted by molar-refractivity contribution is 6.01. The molecule has 0 radical (unpaired) electrons. The highest BCUT2D eigenvalue weighted by atomic mass is 16.5. The summed E-state index contributed by atoms with van der Waals surface area (Å²) in [7, 11) is 2.18. The zero-order valence-electron chi connectivity index (χ0n) is 27.4. The molecule has 0 saturated carbocycles. The summed E-state index contributed by atoms with van der Waals surface area (Å²) in [5, 5.41) is 3.09. The summed E-state index contributed by atoms with van der Waals surface area (Å²) >= 11 is 0. The number of aromatic nitrogens is 1. The number of anilines is 1. The van der Waals surface area contributed by atoms with Crippen molar-refractivity contribution in [2.75, 3.05) is 57.9 Å². The molecule has 2 N–H and O–H groups in total. The highest BCUT2D eigenvalue weighted by Gasteiger charge is 2.27. The number of hydrogen-bond acceptors (Lipinski definition) is 6. The summed E-state index contributed by atoms with van der Waals surface area (Å²) in [6.07, 6.45) is 1.93. The Labute approximate surface area is 262 Å². The van der Waals surface area contributed by atoms with Gasteiger partial charge in [0, 0.05) is 87.6 Å². The molecule has 5 rings (SSSR count). The zero-order chi connectivity index (χ0) is 31.4. The maximum atomic E-state index is 14.0. The molecule has 2 aliphatic heterocycles.